The summed E-state index contributed by atoms with van der Waals surface area (Å²) in [6, 6.07) is 30.2. The number of fused-ring (bicyclic) bond motifs is 1. The van der Waals surface area contributed by atoms with Gasteiger partial charge in [0.2, 0.25) is 5.52 Å². The van der Waals surface area contributed by atoms with E-state index in [2.05, 4.69) is 103 Å². The predicted octanol–water partition coefficient (Wildman–Crippen LogP) is 6.45. The van der Waals surface area contributed by atoms with Crippen molar-refractivity contribution in [3.05, 3.63) is 102 Å². The van der Waals surface area contributed by atoms with E-state index in [4.69, 9.17) is 0 Å². The standard InChI is InChI=1S/C23H20N.BF4/c1-18-12-13-23-22(16-18)21(20-10-6-3-7-11-20)14-15-24(23)17-19-8-4-2-5-9-19;2-1(3,4)5/h2-16H,17H2,1H3;/q+1;-1. The number of rotatable bonds is 3. The monoisotopic (exact) mass is 397 g/mol. The van der Waals surface area contributed by atoms with E-state index in [-0.39, 0.29) is 0 Å². The third-order valence-electron chi connectivity index (χ3n) is 4.45. The third kappa shape index (κ3) is 5.91. The fourth-order valence-corrected chi connectivity index (χ4v) is 3.24. The van der Waals surface area contributed by atoms with Crippen LogP contribution < -0.4 is 4.57 Å². The number of pyridine rings is 1. The Bertz CT molecular complexity index is 1070. The fraction of sp³-hybridized carbons (Fsp3) is 0.0870. The first kappa shape index (κ1) is 20.6. The van der Waals surface area contributed by atoms with E-state index in [1.165, 1.54) is 33.2 Å². The van der Waals surface area contributed by atoms with Gasteiger partial charge in [0.05, 0.1) is 5.39 Å². The second kappa shape index (κ2) is 8.90. The first-order valence-electron chi connectivity index (χ1n) is 9.21. The Labute approximate surface area is 167 Å². The van der Waals surface area contributed by atoms with Crippen molar-refractivity contribution >= 4 is 18.2 Å². The molecule has 29 heavy (non-hydrogen) atoms. The van der Waals surface area contributed by atoms with Gasteiger partial charge in [-0.05, 0) is 18.6 Å². The van der Waals surface area contributed by atoms with Gasteiger partial charge in [0.15, 0.2) is 12.7 Å². The molecule has 0 saturated heterocycles. The van der Waals surface area contributed by atoms with Crippen molar-refractivity contribution < 1.29 is 21.8 Å². The van der Waals surface area contributed by atoms with Crippen LogP contribution in [0.2, 0.25) is 0 Å². The molecule has 0 aliphatic heterocycles. The highest BCUT2D eigenvalue weighted by atomic mass is 19.5. The number of aromatic nitrogens is 1. The summed E-state index contributed by atoms with van der Waals surface area (Å²) in [5, 5.41) is 1.31. The Morgan fingerprint density at radius 1 is 0.759 bits per heavy atom. The predicted molar refractivity (Wildman–Crippen MR) is 110 cm³/mol. The normalized spacial score (nSPS) is 11.1. The van der Waals surface area contributed by atoms with Crippen LogP contribution in [0, 0.1) is 6.92 Å². The molecular formula is C23H20BF4N. The van der Waals surface area contributed by atoms with Crippen LogP contribution >= 0.6 is 0 Å². The lowest BCUT2D eigenvalue weighted by molar-refractivity contribution is -0.662. The van der Waals surface area contributed by atoms with Gasteiger partial charge < -0.3 is 17.3 Å². The molecule has 0 radical (unpaired) electrons. The van der Waals surface area contributed by atoms with E-state index in [0.717, 1.165) is 6.54 Å². The number of benzene rings is 3. The van der Waals surface area contributed by atoms with Gasteiger partial charge in [0, 0.05) is 23.3 Å². The molecule has 1 nitrogen and oxygen atoms in total. The maximum absolute atomic E-state index is 9.75. The van der Waals surface area contributed by atoms with Gasteiger partial charge in [-0.3, -0.25) is 0 Å². The minimum Gasteiger partial charge on any atom is -0.418 e. The summed E-state index contributed by atoms with van der Waals surface area (Å²) in [5.41, 5.74) is 6.43. The summed E-state index contributed by atoms with van der Waals surface area (Å²) in [6.45, 7) is 3.04. The lowest BCUT2D eigenvalue weighted by Gasteiger charge is -2.08. The second-order valence-electron chi connectivity index (χ2n) is 6.72. The van der Waals surface area contributed by atoms with Crippen LogP contribution in [0.4, 0.5) is 17.3 Å². The van der Waals surface area contributed by atoms with E-state index in [1.807, 2.05) is 0 Å². The van der Waals surface area contributed by atoms with Crippen LogP contribution in [-0.2, 0) is 6.54 Å². The topological polar surface area (TPSA) is 3.88 Å². The van der Waals surface area contributed by atoms with Gasteiger partial charge in [-0.25, -0.2) is 0 Å². The Morgan fingerprint density at radius 2 is 1.34 bits per heavy atom. The summed E-state index contributed by atoms with van der Waals surface area (Å²) in [4.78, 5) is 0. The summed E-state index contributed by atoms with van der Waals surface area (Å²) >= 11 is 0. The van der Waals surface area contributed by atoms with Gasteiger partial charge in [0.25, 0.3) is 0 Å². The van der Waals surface area contributed by atoms with E-state index in [1.54, 1.807) is 0 Å². The number of hydrogen-bond acceptors (Lipinski definition) is 0. The van der Waals surface area contributed by atoms with Gasteiger partial charge in [-0.1, -0.05) is 72.3 Å². The first-order chi connectivity index (χ1) is 13.8. The molecule has 0 saturated carbocycles. The molecule has 0 unspecified atom stereocenters. The SMILES string of the molecule is Cc1ccc2c(c1)c(-c1ccccc1)cc[n+]2Cc1ccccc1.F[B-](F)(F)F. The zero-order chi connectivity index (χ0) is 20.9. The quantitative estimate of drug-likeness (QED) is 0.213. The molecule has 0 N–H and O–H groups in total. The Morgan fingerprint density at radius 3 is 1.97 bits per heavy atom. The maximum atomic E-state index is 9.75. The summed E-state index contributed by atoms with van der Waals surface area (Å²) < 4.78 is 41.3. The highest BCUT2D eigenvalue weighted by Gasteiger charge is 2.20. The van der Waals surface area contributed by atoms with Crippen molar-refractivity contribution in [3.8, 4) is 11.1 Å². The van der Waals surface area contributed by atoms with Crippen molar-refractivity contribution in [1.29, 1.82) is 0 Å². The molecule has 148 valence electrons. The fourth-order valence-electron chi connectivity index (χ4n) is 3.24. The van der Waals surface area contributed by atoms with Gasteiger partial charge in [0.1, 0.15) is 0 Å². The van der Waals surface area contributed by atoms with Crippen molar-refractivity contribution in [2.24, 2.45) is 0 Å². The molecule has 1 aromatic heterocycles. The number of nitrogens with zero attached hydrogens (tertiary/aromatic N) is 1. The minimum absolute atomic E-state index is 0.884. The summed E-state index contributed by atoms with van der Waals surface area (Å²) in [6.07, 6.45) is 2.20. The molecule has 1 heterocycles. The van der Waals surface area contributed by atoms with Crippen molar-refractivity contribution in [1.82, 2.24) is 0 Å². The maximum Gasteiger partial charge on any atom is 0.673 e. The Kier molecular flexibility index (Phi) is 6.32. The first-order valence-corrected chi connectivity index (χ1v) is 9.21. The summed E-state index contributed by atoms with van der Waals surface area (Å²) in [5.74, 6) is 0. The van der Waals surface area contributed by atoms with Crippen LogP contribution in [0.1, 0.15) is 11.1 Å². The molecule has 0 bridgehead atoms. The molecule has 0 fully saturated rings. The van der Waals surface area contributed by atoms with Crippen LogP contribution in [0.5, 0.6) is 0 Å². The number of halogens is 4. The molecule has 4 aromatic rings. The summed E-state index contributed by atoms with van der Waals surface area (Å²) in [7, 11) is -6.00. The van der Waals surface area contributed by atoms with Gasteiger partial charge >= 0.3 is 7.25 Å². The van der Waals surface area contributed by atoms with Gasteiger partial charge in [-0.15, -0.1) is 0 Å². The lowest BCUT2D eigenvalue weighted by atomic mass is 9.99. The molecule has 0 spiro atoms. The third-order valence-corrected chi connectivity index (χ3v) is 4.45. The van der Waals surface area contributed by atoms with Crippen molar-refractivity contribution in [3.63, 3.8) is 0 Å². The van der Waals surface area contributed by atoms with Crippen LogP contribution in [0.3, 0.4) is 0 Å². The van der Waals surface area contributed by atoms with Gasteiger partial charge in [-0.2, -0.15) is 4.57 Å². The Balaban J connectivity index is 0.000000431. The van der Waals surface area contributed by atoms with Crippen LogP contribution in [0.15, 0.2) is 91.1 Å². The van der Waals surface area contributed by atoms with E-state index >= 15 is 0 Å². The average Bonchev–Trinajstić information content (AvgIpc) is 2.68. The molecule has 3 aromatic carbocycles. The highest BCUT2D eigenvalue weighted by Crippen LogP contribution is 2.27. The molecule has 4 rings (SSSR count). The zero-order valence-corrected chi connectivity index (χ0v) is 15.9. The largest absolute Gasteiger partial charge is 0.673 e. The van der Waals surface area contributed by atoms with E-state index in [9.17, 15) is 17.3 Å². The zero-order valence-electron chi connectivity index (χ0n) is 15.9. The molecule has 0 amide bonds. The molecule has 0 atom stereocenters. The van der Waals surface area contributed by atoms with Crippen molar-refractivity contribution in [2.45, 2.75) is 13.5 Å². The average molecular weight is 397 g/mol. The highest BCUT2D eigenvalue weighted by molar-refractivity contribution is 6.50. The Hall–Kier alpha value is -3.15. The molecular weight excluding hydrogens is 377 g/mol. The van der Waals surface area contributed by atoms with E-state index in [0.29, 0.717) is 0 Å². The molecule has 0 aliphatic carbocycles. The van der Waals surface area contributed by atoms with E-state index < -0.39 is 7.25 Å². The lowest BCUT2D eigenvalue weighted by Crippen LogP contribution is -2.34. The minimum atomic E-state index is -6.00. The smallest absolute Gasteiger partial charge is 0.418 e. The van der Waals surface area contributed by atoms with Crippen LogP contribution in [-0.4, -0.2) is 7.25 Å². The van der Waals surface area contributed by atoms with Crippen molar-refractivity contribution in [2.75, 3.05) is 0 Å². The number of hydrogen-bond donors (Lipinski definition) is 0. The second-order valence-corrected chi connectivity index (χ2v) is 6.72. The molecule has 0 aliphatic rings. The van der Waals surface area contributed by atoms with Crippen LogP contribution in [0.25, 0.3) is 22.0 Å². The molecule has 6 heteroatoms. The number of aryl methyl sites for hydroxylation is 1.